The lowest BCUT2D eigenvalue weighted by molar-refractivity contribution is -0.110. The van der Waals surface area contributed by atoms with Crippen molar-refractivity contribution in [1.29, 1.82) is 0 Å². The van der Waals surface area contributed by atoms with Crippen molar-refractivity contribution in [3.8, 4) is 0 Å². The number of anilines is 2. The third-order valence-electron chi connectivity index (χ3n) is 3.07. The number of hydrogen-bond acceptors (Lipinski definition) is 4. The molecule has 20 heavy (non-hydrogen) atoms. The summed E-state index contributed by atoms with van der Waals surface area (Å²) < 4.78 is 0. The number of carbonyl (C=O) groups excluding carboxylic acids is 1. The number of nitrogens with one attached hydrogen (secondary N) is 2. The maximum Gasteiger partial charge on any atom is 0.259 e. The number of hydrogen-bond donors (Lipinski definition) is 3. The van der Waals surface area contributed by atoms with E-state index in [-0.39, 0.29) is 12.5 Å². The van der Waals surface area contributed by atoms with Gasteiger partial charge in [-0.05, 0) is 29.8 Å². The SMILES string of the molecule is O=C1Nc2ncccc2/C1=C/Nc1cccc(CO)c1. The zero-order valence-electron chi connectivity index (χ0n) is 10.6. The van der Waals surface area contributed by atoms with Crippen molar-refractivity contribution in [2.45, 2.75) is 6.61 Å². The number of aromatic nitrogens is 1. The molecule has 1 aromatic carbocycles. The molecular weight excluding hydrogens is 254 g/mol. The average Bonchev–Trinajstić information content (AvgIpc) is 2.81. The van der Waals surface area contributed by atoms with Crippen molar-refractivity contribution in [3.63, 3.8) is 0 Å². The number of nitrogens with zero attached hydrogens (tertiary/aromatic N) is 1. The number of aliphatic hydroxyl groups excluding tert-OH is 1. The van der Waals surface area contributed by atoms with E-state index in [1.165, 1.54) is 0 Å². The Morgan fingerprint density at radius 3 is 3.05 bits per heavy atom. The number of pyridine rings is 1. The largest absolute Gasteiger partial charge is 0.392 e. The number of rotatable bonds is 3. The molecule has 0 radical (unpaired) electrons. The number of carbonyl (C=O) groups is 1. The first-order valence-electron chi connectivity index (χ1n) is 6.21. The van der Waals surface area contributed by atoms with Gasteiger partial charge in [0.25, 0.3) is 5.91 Å². The molecule has 1 aliphatic heterocycles. The van der Waals surface area contributed by atoms with Crippen molar-refractivity contribution in [2.75, 3.05) is 10.6 Å². The summed E-state index contributed by atoms with van der Waals surface area (Å²) in [4.78, 5) is 16.0. The van der Waals surface area contributed by atoms with E-state index in [0.717, 1.165) is 16.8 Å². The number of aliphatic hydroxyl groups is 1. The van der Waals surface area contributed by atoms with Crippen LogP contribution in [0.15, 0.2) is 48.8 Å². The van der Waals surface area contributed by atoms with E-state index >= 15 is 0 Å². The van der Waals surface area contributed by atoms with Crippen LogP contribution in [0.2, 0.25) is 0 Å². The third kappa shape index (κ3) is 2.26. The fourth-order valence-electron chi connectivity index (χ4n) is 2.08. The molecule has 2 heterocycles. The molecule has 0 bridgehead atoms. The Balaban J connectivity index is 1.87. The van der Waals surface area contributed by atoms with Crippen LogP contribution in [0.25, 0.3) is 5.57 Å². The van der Waals surface area contributed by atoms with Gasteiger partial charge in [0.15, 0.2) is 0 Å². The van der Waals surface area contributed by atoms with Gasteiger partial charge in [-0.25, -0.2) is 4.98 Å². The zero-order chi connectivity index (χ0) is 13.9. The molecule has 5 nitrogen and oxygen atoms in total. The molecule has 3 rings (SSSR count). The minimum atomic E-state index is -0.176. The minimum absolute atomic E-state index is 0.0146. The highest BCUT2D eigenvalue weighted by atomic mass is 16.3. The number of fused-ring (bicyclic) bond motifs is 1. The summed E-state index contributed by atoms with van der Waals surface area (Å²) in [6, 6.07) is 11.0. The molecule has 2 aromatic rings. The molecule has 5 heteroatoms. The second-order valence-electron chi connectivity index (χ2n) is 4.41. The van der Waals surface area contributed by atoms with E-state index < -0.39 is 0 Å². The van der Waals surface area contributed by atoms with E-state index in [2.05, 4.69) is 15.6 Å². The van der Waals surface area contributed by atoms with Crippen LogP contribution in [0, 0.1) is 0 Å². The fourth-order valence-corrected chi connectivity index (χ4v) is 2.08. The van der Waals surface area contributed by atoms with Gasteiger partial charge in [0.05, 0.1) is 12.2 Å². The maximum absolute atomic E-state index is 11.9. The van der Waals surface area contributed by atoms with Gasteiger partial charge in [-0.3, -0.25) is 4.79 Å². The summed E-state index contributed by atoms with van der Waals surface area (Å²) in [5, 5.41) is 14.9. The Bertz CT molecular complexity index is 695. The van der Waals surface area contributed by atoms with Crippen LogP contribution in [0.4, 0.5) is 11.5 Å². The first-order valence-corrected chi connectivity index (χ1v) is 6.21. The van der Waals surface area contributed by atoms with Crippen LogP contribution < -0.4 is 10.6 Å². The summed E-state index contributed by atoms with van der Waals surface area (Å²) in [6.07, 6.45) is 3.29. The summed E-state index contributed by atoms with van der Waals surface area (Å²) in [5.74, 6) is 0.402. The highest BCUT2D eigenvalue weighted by Gasteiger charge is 2.24. The van der Waals surface area contributed by atoms with Gasteiger partial charge in [0.2, 0.25) is 0 Å². The lowest BCUT2D eigenvalue weighted by atomic mass is 10.1. The van der Waals surface area contributed by atoms with Crippen LogP contribution >= 0.6 is 0 Å². The Labute approximate surface area is 116 Å². The molecule has 0 atom stereocenters. The van der Waals surface area contributed by atoms with Crippen LogP contribution in [0.3, 0.4) is 0 Å². The second kappa shape index (κ2) is 5.14. The van der Waals surface area contributed by atoms with E-state index in [0.29, 0.717) is 11.4 Å². The van der Waals surface area contributed by atoms with Crippen molar-refractivity contribution in [1.82, 2.24) is 4.98 Å². The number of benzene rings is 1. The van der Waals surface area contributed by atoms with Crippen LogP contribution in [-0.2, 0) is 11.4 Å². The molecule has 0 unspecified atom stereocenters. The highest BCUT2D eigenvalue weighted by molar-refractivity contribution is 6.31. The highest BCUT2D eigenvalue weighted by Crippen LogP contribution is 2.29. The molecule has 1 aliphatic rings. The van der Waals surface area contributed by atoms with E-state index in [1.807, 2.05) is 30.3 Å². The van der Waals surface area contributed by atoms with Gasteiger partial charge in [0.1, 0.15) is 5.82 Å². The predicted molar refractivity (Wildman–Crippen MR) is 76.8 cm³/mol. The predicted octanol–water partition coefficient (Wildman–Crippen LogP) is 1.98. The molecule has 1 aromatic heterocycles. The fraction of sp³-hybridized carbons (Fsp3) is 0.0667. The lowest BCUT2D eigenvalue weighted by Crippen LogP contribution is -2.05. The zero-order valence-corrected chi connectivity index (χ0v) is 10.6. The Kier molecular flexibility index (Phi) is 3.18. The quantitative estimate of drug-likeness (QED) is 0.743. The van der Waals surface area contributed by atoms with Crippen molar-refractivity contribution in [2.24, 2.45) is 0 Å². The normalized spacial score (nSPS) is 15.1. The summed E-state index contributed by atoms with van der Waals surface area (Å²) >= 11 is 0. The minimum Gasteiger partial charge on any atom is -0.392 e. The van der Waals surface area contributed by atoms with Crippen molar-refractivity contribution >= 4 is 23.0 Å². The summed E-state index contributed by atoms with van der Waals surface area (Å²) in [7, 11) is 0. The molecule has 100 valence electrons. The average molecular weight is 267 g/mol. The molecule has 0 fully saturated rings. The lowest BCUT2D eigenvalue weighted by Gasteiger charge is -2.04. The van der Waals surface area contributed by atoms with Crippen LogP contribution in [0.5, 0.6) is 0 Å². The van der Waals surface area contributed by atoms with Crippen molar-refractivity contribution < 1.29 is 9.90 Å². The monoisotopic (exact) mass is 267 g/mol. The third-order valence-corrected chi connectivity index (χ3v) is 3.07. The molecule has 0 saturated carbocycles. The second-order valence-corrected chi connectivity index (χ2v) is 4.41. The summed E-state index contributed by atoms with van der Waals surface area (Å²) in [5.41, 5.74) is 2.95. The molecule has 0 aliphatic carbocycles. The number of amides is 1. The molecule has 0 saturated heterocycles. The van der Waals surface area contributed by atoms with E-state index in [1.54, 1.807) is 18.5 Å². The van der Waals surface area contributed by atoms with E-state index in [9.17, 15) is 4.79 Å². The molecule has 0 spiro atoms. The van der Waals surface area contributed by atoms with Gasteiger partial charge in [-0.2, -0.15) is 0 Å². The standard InChI is InChI=1S/C15H13N3O2/c19-9-10-3-1-4-11(7-10)17-8-13-12-5-2-6-16-14(12)18-15(13)20/h1-8,17,19H,9H2,(H,16,18,20)/b13-8-. The Morgan fingerprint density at radius 2 is 2.20 bits per heavy atom. The summed E-state index contributed by atoms with van der Waals surface area (Å²) in [6.45, 7) is -0.0146. The van der Waals surface area contributed by atoms with Gasteiger partial charge >= 0.3 is 0 Å². The van der Waals surface area contributed by atoms with Crippen molar-refractivity contribution in [3.05, 3.63) is 59.9 Å². The van der Waals surface area contributed by atoms with Gasteiger partial charge in [-0.15, -0.1) is 0 Å². The first kappa shape index (κ1) is 12.4. The molecule has 3 N–H and O–H groups in total. The molecular formula is C15H13N3O2. The van der Waals surface area contributed by atoms with Gasteiger partial charge in [0, 0.05) is 23.6 Å². The van der Waals surface area contributed by atoms with Gasteiger partial charge < -0.3 is 15.7 Å². The Morgan fingerprint density at radius 1 is 1.30 bits per heavy atom. The smallest absolute Gasteiger partial charge is 0.259 e. The van der Waals surface area contributed by atoms with E-state index in [4.69, 9.17) is 5.11 Å². The van der Waals surface area contributed by atoms with Crippen LogP contribution in [0.1, 0.15) is 11.1 Å². The maximum atomic E-state index is 11.9. The Hall–Kier alpha value is -2.66. The first-order chi connectivity index (χ1) is 9.78. The molecule has 1 amide bonds. The van der Waals surface area contributed by atoms with Crippen LogP contribution in [-0.4, -0.2) is 16.0 Å². The van der Waals surface area contributed by atoms with Gasteiger partial charge in [-0.1, -0.05) is 12.1 Å². The topological polar surface area (TPSA) is 74.2 Å².